The van der Waals surface area contributed by atoms with Gasteiger partial charge in [0.1, 0.15) is 4.88 Å². The fraction of sp³-hybridized carbons (Fsp3) is 0.208. The first-order chi connectivity index (χ1) is 15.7. The fourth-order valence-electron chi connectivity index (χ4n) is 2.95. The number of alkyl halides is 3. The number of carboxylic acids is 1. The SMILES string of the molecule is O=C(O)Cc1ccc(C#Cc2nc(C(F)(F)F)c(C(=O)NCCCc3ccccc3)s2)cc1. The zero-order valence-corrected chi connectivity index (χ0v) is 18.1. The van der Waals surface area contributed by atoms with Crippen molar-refractivity contribution in [2.24, 2.45) is 0 Å². The topological polar surface area (TPSA) is 79.3 Å². The molecule has 0 saturated carbocycles. The number of aryl methyl sites for hydroxylation is 1. The first-order valence-electron chi connectivity index (χ1n) is 9.95. The van der Waals surface area contributed by atoms with Gasteiger partial charge in [-0.05, 0) is 42.0 Å². The van der Waals surface area contributed by atoms with Gasteiger partial charge in [0, 0.05) is 12.1 Å². The van der Waals surface area contributed by atoms with E-state index in [-0.39, 0.29) is 18.0 Å². The molecule has 33 heavy (non-hydrogen) atoms. The van der Waals surface area contributed by atoms with Gasteiger partial charge in [-0.15, -0.1) is 0 Å². The third-order valence-electron chi connectivity index (χ3n) is 4.50. The number of nitrogens with zero attached hydrogens (tertiary/aromatic N) is 1. The lowest BCUT2D eigenvalue weighted by Crippen LogP contribution is -2.26. The van der Waals surface area contributed by atoms with E-state index in [1.54, 1.807) is 24.3 Å². The summed E-state index contributed by atoms with van der Waals surface area (Å²) in [5.74, 6) is 3.45. The summed E-state index contributed by atoms with van der Waals surface area (Å²) < 4.78 is 40.2. The molecule has 1 amide bonds. The largest absolute Gasteiger partial charge is 0.481 e. The summed E-state index contributed by atoms with van der Waals surface area (Å²) >= 11 is 0.585. The van der Waals surface area contributed by atoms with E-state index in [1.807, 2.05) is 30.3 Å². The van der Waals surface area contributed by atoms with E-state index in [9.17, 15) is 22.8 Å². The second kappa shape index (κ2) is 10.8. The molecule has 1 heterocycles. The number of benzene rings is 2. The molecule has 0 aliphatic rings. The second-order valence-electron chi connectivity index (χ2n) is 7.06. The molecule has 170 valence electrons. The van der Waals surface area contributed by atoms with Crippen LogP contribution in [0.4, 0.5) is 13.2 Å². The van der Waals surface area contributed by atoms with Crippen molar-refractivity contribution >= 4 is 23.2 Å². The van der Waals surface area contributed by atoms with Gasteiger partial charge in [-0.1, -0.05) is 59.7 Å². The van der Waals surface area contributed by atoms with Gasteiger partial charge in [-0.25, -0.2) is 4.98 Å². The van der Waals surface area contributed by atoms with E-state index in [0.29, 0.717) is 35.3 Å². The summed E-state index contributed by atoms with van der Waals surface area (Å²) in [5.41, 5.74) is 0.885. The molecule has 0 spiro atoms. The Kier molecular flexibility index (Phi) is 7.85. The lowest BCUT2D eigenvalue weighted by Gasteiger charge is -2.07. The van der Waals surface area contributed by atoms with E-state index in [4.69, 9.17) is 5.11 Å². The normalized spacial score (nSPS) is 10.9. The number of rotatable bonds is 7. The zero-order chi connectivity index (χ0) is 23.8. The summed E-state index contributed by atoms with van der Waals surface area (Å²) in [6, 6.07) is 15.9. The molecular formula is C24H19F3N2O3S. The molecule has 2 N–H and O–H groups in total. The van der Waals surface area contributed by atoms with E-state index in [0.717, 1.165) is 5.56 Å². The van der Waals surface area contributed by atoms with Crippen LogP contribution in [0.25, 0.3) is 0 Å². The van der Waals surface area contributed by atoms with Crippen LogP contribution in [-0.2, 0) is 23.8 Å². The van der Waals surface area contributed by atoms with Crippen molar-refractivity contribution in [1.82, 2.24) is 10.3 Å². The van der Waals surface area contributed by atoms with E-state index < -0.39 is 28.6 Å². The number of aliphatic carboxylic acids is 1. The van der Waals surface area contributed by atoms with Crippen molar-refractivity contribution in [3.05, 3.63) is 86.9 Å². The maximum atomic E-state index is 13.4. The van der Waals surface area contributed by atoms with Crippen LogP contribution in [0.5, 0.6) is 0 Å². The fourth-order valence-corrected chi connectivity index (χ4v) is 3.80. The quantitative estimate of drug-likeness (QED) is 0.391. The Balaban J connectivity index is 1.69. The summed E-state index contributed by atoms with van der Waals surface area (Å²) in [6.45, 7) is 0.229. The molecule has 0 radical (unpaired) electrons. The van der Waals surface area contributed by atoms with Gasteiger partial charge in [0.25, 0.3) is 5.91 Å². The van der Waals surface area contributed by atoms with Crippen LogP contribution in [-0.4, -0.2) is 28.5 Å². The minimum Gasteiger partial charge on any atom is -0.481 e. The van der Waals surface area contributed by atoms with Crippen molar-refractivity contribution in [2.75, 3.05) is 6.54 Å². The molecule has 0 bridgehead atoms. The number of nitrogens with one attached hydrogen (secondary N) is 1. The molecule has 3 aromatic rings. The second-order valence-corrected chi connectivity index (χ2v) is 8.06. The average molecular weight is 472 g/mol. The number of hydrogen-bond acceptors (Lipinski definition) is 4. The number of carbonyl (C=O) groups is 2. The molecule has 5 nitrogen and oxygen atoms in total. The number of carboxylic acid groups (broad SMARTS) is 1. The third-order valence-corrected chi connectivity index (χ3v) is 5.47. The lowest BCUT2D eigenvalue weighted by molar-refractivity contribution is -0.141. The van der Waals surface area contributed by atoms with Crippen LogP contribution in [0.2, 0.25) is 0 Å². The Morgan fingerprint density at radius 1 is 1.00 bits per heavy atom. The first kappa shape index (κ1) is 24.0. The van der Waals surface area contributed by atoms with Gasteiger partial charge in [-0.3, -0.25) is 9.59 Å². The molecule has 9 heteroatoms. The minimum absolute atomic E-state index is 0.133. The summed E-state index contributed by atoms with van der Waals surface area (Å²) in [5, 5.41) is 11.2. The lowest BCUT2D eigenvalue weighted by atomic mass is 10.1. The zero-order valence-electron chi connectivity index (χ0n) is 17.3. The predicted molar refractivity (Wildman–Crippen MR) is 118 cm³/mol. The Labute approximate surface area is 192 Å². The maximum absolute atomic E-state index is 13.4. The van der Waals surface area contributed by atoms with Crippen LogP contribution in [0, 0.1) is 11.8 Å². The Bertz CT molecular complexity index is 1180. The number of carbonyl (C=O) groups excluding carboxylic acids is 1. The molecule has 0 saturated heterocycles. The highest BCUT2D eigenvalue weighted by molar-refractivity contribution is 7.14. The Hall–Kier alpha value is -3.64. The highest BCUT2D eigenvalue weighted by Crippen LogP contribution is 2.34. The van der Waals surface area contributed by atoms with Gasteiger partial charge < -0.3 is 10.4 Å². The van der Waals surface area contributed by atoms with Gasteiger partial charge >= 0.3 is 12.1 Å². The average Bonchev–Trinajstić information content (AvgIpc) is 3.22. The predicted octanol–water partition coefficient (Wildman–Crippen LogP) is 4.55. The molecule has 3 rings (SSSR count). The Morgan fingerprint density at radius 2 is 1.70 bits per heavy atom. The number of hydrogen-bond donors (Lipinski definition) is 2. The van der Waals surface area contributed by atoms with Crippen molar-refractivity contribution in [3.63, 3.8) is 0 Å². The van der Waals surface area contributed by atoms with E-state index in [2.05, 4.69) is 22.1 Å². The highest BCUT2D eigenvalue weighted by atomic mass is 32.1. The van der Waals surface area contributed by atoms with E-state index >= 15 is 0 Å². The minimum atomic E-state index is -4.79. The third kappa shape index (κ3) is 7.19. The number of thiazole rings is 1. The monoisotopic (exact) mass is 472 g/mol. The maximum Gasteiger partial charge on any atom is 0.435 e. The molecule has 1 aromatic heterocycles. The van der Waals surface area contributed by atoms with Gasteiger partial charge in [-0.2, -0.15) is 13.2 Å². The van der Waals surface area contributed by atoms with Crippen LogP contribution in [0.1, 0.15) is 43.5 Å². The summed E-state index contributed by atoms with van der Waals surface area (Å²) in [7, 11) is 0. The molecule has 2 aromatic carbocycles. The molecule has 0 unspecified atom stereocenters. The van der Waals surface area contributed by atoms with E-state index in [1.165, 1.54) is 0 Å². The Morgan fingerprint density at radius 3 is 2.33 bits per heavy atom. The van der Waals surface area contributed by atoms with Gasteiger partial charge in [0.2, 0.25) is 0 Å². The van der Waals surface area contributed by atoms with Crippen LogP contribution in [0.15, 0.2) is 54.6 Å². The van der Waals surface area contributed by atoms with Crippen LogP contribution < -0.4 is 5.32 Å². The van der Waals surface area contributed by atoms with Crippen molar-refractivity contribution in [1.29, 1.82) is 0 Å². The molecule has 0 fully saturated rings. The molecule has 0 aliphatic carbocycles. The summed E-state index contributed by atoms with van der Waals surface area (Å²) in [4.78, 5) is 26.1. The molecule has 0 atom stereocenters. The number of halogens is 3. The van der Waals surface area contributed by atoms with Crippen LogP contribution >= 0.6 is 11.3 Å². The van der Waals surface area contributed by atoms with Crippen molar-refractivity contribution in [3.8, 4) is 11.8 Å². The highest BCUT2D eigenvalue weighted by Gasteiger charge is 2.39. The standard InChI is InChI=1S/C24H19F3N2O3S/c25-24(26,27)22-21(23(32)28-14-4-7-16-5-2-1-3-6-16)33-19(29-22)13-12-17-8-10-18(11-9-17)15-20(30)31/h1-3,5-6,8-11H,4,7,14-15H2,(H,28,32)(H,30,31). The van der Waals surface area contributed by atoms with Crippen molar-refractivity contribution in [2.45, 2.75) is 25.4 Å². The number of aromatic nitrogens is 1. The number of amides is 1. The summed E-state index contributed by atoms with van der Waals surface area (Å²) in [6.07, 6.45) is -3.65. The van der Waals surface area contributed by atoms with Crippen LogP contribution in [0.3, 0.4) is 0 Å². The molecule has 0 aliphatic heterocycles. The van der Waals surface area contributed by atoms with Gasteiger partial charge in [0.05, 0.1) is 6.42 Å². The first-order valence-corrected chi connectivity index (χ1v) is 10.8. The van der Waals surface area contributed by atoms with Crippen molar-refractivity contribution < 1.29 is 27.9 Å². The molecular weight excluding hydrogens is 453 g/mol. The van der Waals surface area contributed by atoms with Gasteiger partial charge in [0.15, 0.2) is 10.7 Å². The smallest absolute Gasteiger partial charge is 0.435 e.